The predicted molar refractivity (Wildman–Crippen MR) is 97.8 cm³/mol. The Morgan fingerprint density at radius 1 is 1.04 bits per heavy atom. The Morgan fingerprint density at radius 2 is 1.67 bits per heavy atom. The molecule has 2 aromatic carbocycles. The minimum Gasteiger partial charge on any atom is -0.368 e. The molecule has 9 heteroatoms. The van der Waals surface area contributed by atoms with Crippen molar-refractivity contribution in [3.05, 3.63) is 66.7 Å². The SMILES string of the molecule is CC(c1ccc(-n2cncn2)cc1)N(C)c1ccc(S(=O)(=O)C(F)F)cc1. The largest absolute Gasteiger partial charge is 0.368 e. The molecule has 0 saturated carbocycles. The zero-order valence-corrected chi connectivity index (χ0v) is 15.5. The van der Waals surface area contributed by atoms with Gasteiger partial charge in [0.1, 0.15) is 12.7 Å². The molecule has 0 aliphatic carbocycles. The topological polar surface area (TPSA) is 68.1 Å². The van der Waals surface area contributed by atoms with Crippen LogP contribution < -0.4 is 4.90 Å². The van der Waals surface area contributed by atoms with E-state index in [1.165, 1.54) is 30.6 Å². The number of rotatable bonds is 6. The van der Waals surface area contributed by atoms with E-state index in [-0.39, 0.29) is 10.9 Å². The Hall–Kier alpha value is -2.81. The highest BCUT2D eigenvalue weighted by Gasteiger charge is 2.26. The molecule has 3 aromatic rings. The normalized spacial score (nSPS) is 12.9. The standard InChI is InChI=1S/C18H18F2N4O2S/c1-13(14-3-5-16(6-4-14)24-12-21-11-22-24)23(2)15-7-9-17(10-8-15)27(25,26)18(19)20/h3-13,18H,1-2H3. The van der Waals surface area contributed by atoms with E-state index in [0.717, 1.165) is 16.9 Å². The fraction of sp³-hybridized carbons (Fsp3) is 0.222. The Morgan fingerprint density at radius 3 is 2.19 bits per heavy atom. The molecule has 1 unspecified atom stereocenters. The number of aromatic nitrogens is 3. The summed E-state index contributed by atoms with van der Waals surface area (Å²) in [5, 5.41) is 4.08. The Bertz CT molecular complexity index is 989. The van der Waals surface area contributed by atoms with Gasteiger partial charge in [0.2, 0.25) is 9.84 Å². The van der Waals surface area contributed by atoms with Crippen LogP contribution in [0.25, 0.3) is 5.69 Å². The number of alkyl halides is 2. The lowest BCUT2D eigenvalue weighted by Crippen LogP contribution is -2.21. The van der Waals surface area contributed by atoms with Crippen LogP contribution in [0.3, 0.4) is 0 Å². The zero-order valence-electron chi connectivity index (χ0n) is 14.7. The molecule has 6 nitrogen and oxygen atoms in total. The highest BCUT2D eigenvalue weighted by atomic mass is 32.2. The first kappa shape index (κ1) is 19.0. The van der Waals surface area contributed by atoms with Crippen LogP contribution in [0.15, 0.2) is 66.1 Å². The van der Waals surface area contributed by atoms with Crippen LogP contribution in [-0.4, -0.2) is 36.0 Å². The molecule has 0 bridgehead atoms. The molecule has 0 aliphatic rings. The van der Waals surface area contributed by atoms with Gasteiger partial charge in [0, 0.05) is 12.7 Å². The summed E-state index contributed by atoms with van der Waals surface area (Å²) in [6, 6.07) is 13.2. The van der Waals surface area contributed by atoms with Crippen molar-refractivity contribution >= 4 is 15.5 Å². The quantitative estimate of drug-likeness (QED) is 0.643. The fourth-order valence-electron chi connectivity index (χ4n) is 2.67. The van der Waals surface area contributed by atoms with Crippen LogP contribution in [0, 0.1) is 0 Å². The van der Waals surface area contributed by atoms with Gasteiger partial charge in [-0.1, -0.05) is 12.1 Å². The van der Waals surface area contributed by atoms with Crippen molar-refractivity contribution in [2.24, 2.45) is 0 Å². The minimum atomic E-state index is -4.58. The van der Waals surface area contributed by atoms with Crippen LogP contribution in [0.5, 0.6) is 0 Å². The average Bonchev–Trinajstić information content (AvgIpc) is 3.22. The molecule has 1 aromatic heterocycles. The van der Waals surface area contributed by atoms with Crippen molar-refractivity contribution < 1.29 is 17.2 Å². The zero-order chi connectivity index (χ0) is 19.6. The number of hydrogen-bond donors (Lipinski definition) is 0. The molecule has 0 radical (unpaired) electrons. The third-order valence-corrected chi connectivity index (χ3v) is 5.85. The Balaban J connectivity index is 1.78. The summed E-state index contributed by atoms with van der Waals surface area (Å²) >= 11 is 0. The Labute approximate surface area is 156 Å². The van der Waals surface area contributed by atoms with Gasteiger partial charge in [-0.05, 0) is 48.9 Å². The molecule has 0 N–H and O–H groups in total. The molecule has 1 heterocycles. The Kier molecular flexibility index (Phi) is 5.22. The highest BCUT2D eigenvalue weighted by Crippen LogP contribution is 2.28. The maximum Gasteiger partial charge on any atom is 0.341 e. The van der Waals surface area contributed by atoms with E-state index in [0.29, 0.717) is 0 Å². The molecular formula is C18H18F2N4O2S. The molecule has 27 heavy (non-hydrogen) atoms. The van der Waals surface area contributed by atoms with Gasteiger partial charge in [-0.3, -0.25) is 0 Å². The van der Waals surface area contributed by atoms with E-state index in [4.69, 9.17) is 0 Å². The number of nitrogens with zero attached hydrogens (tertiary/aromatic N) is 4. The number of hydrogen-bond acceptors (Lipinski definition) is 5. The molecule has 0 fully saturated rings. The minimum absolute atomic E-state index is 0.0210. The van der Waals surface area contributed by atoms with E-state index in [2.05, 4.69) is 10.1 Å². The van der Waals surface area contributed by atoms with Gasteiger partial charge in [0.05, 0.1) is 16.6 Å². The maximum absolute atomic E-state index is 12.6. The molecule has 0 spiro atoms. The van der Waals surface area contributed by atoms with E-state index in [1.54, 1.807) is 11.0 Å². The lowest BCUT2D eigenvalue weighted by molar-refractivity contribution is 0.234. The van der Waals surface area contributed by atoms with E-state index in [1.807, 2.05) is 43.1 Å². The molecule has 0 aliphatic heterocycles. The first-order chi connectivity index (χ1) is 12.8. The van der Waals surface area contributed by atoms with Crippen molar-refractivity contribution in [3.8, 4) is 5.69 Å². The summed E-state index contributed by atoms with van der Waals surface area (Å²) in [5.41, 5.74) is 2.63. The molecular weight excluding hydrogens is 374 g/mol. The molecule has 0 amide bonds. The number of sulfone groups is 1. The smallest absolute Gasteiger partial charge is 0.341 e. The van der Waals surface area contributed by atoms with Crippen molar-refractivity contribution in [3.63, 3.8) is 0 Å². The lowest BCUT2D eigenvalue weighted by Gasteiger charge is -2.27. The first-order valence-electron chi connectivity index (χ1n) is 8.10. The van der Waals surface area contributed by atoms with Gasteiger partial charge in [-0.15, -0.1) is 0 Å². The van der Waals surface area contributed by atoms with Crippen LogP contribution >= 0.6 is 0 Å². The molecule has 3 rings (SSSR count). The predicted octanol–water partition coefficient (Wildman–Crippen LogP) is 3.46. The number of anilines is 1. The lowest BCUT2D eigenvalue weighted by atomic mass is 10.1. The number of halogens is 2. The van der Waals surface area contributed by atoms with Crippen molar-refractivity contribution in [1.29, 1.82) is 0 Å². The highest BCUT2D eigenvalue weighted by molar-refractivity contribution is 7.91. The van der Waals surface area contributed by atoms with E-state index in [9.17, 15) is 17.2 Å². The fourth-order valence-corrected chi connectivity index (χ4v) is 3.39. The molecule has 142 valence electrons. The third-order valence-electron chi connectivity index (χ3n) is 4.45. The van der Waals surface area contributed by atoms with E-state index >= 15 is 0 Å². The maximum atomic E-state index is 12.6. The van der Waals surface area contributed by atoms with Crippen molar-refractivity contribution in [2.75, 3.05) is 11.9 Å². The van der Waals surface area contributed by atoms with Crippen LogP contribution in [0.1, 0.15) is 18.5 Å². The van der Waals surface area contributed by atoms with Gasteiger partial charge >= 0.3 is 5.76 Å². The first-order valence-corrected chi connectivity index (χ1v) is 9.65. The average molecular weight is 392 g/mol. The van der Waals surface area contributed by atoms with Crippen LogP contribution in [0.2, 0.25) is 0 Å². The second-order valence-electron chi connectivity index (χ2n) is 6.02. The van der Waals surface area contributed by atoms with Gasteiger partial charge < -0.3 is 4.90 Å². The van der Waals surface area contributed by atoms with Crippen LogP contribution in [-0.2, 0) is 9.84 Å². The van der Waals surface area contributed by atoms with Crippen molar-refractivity contribution in [1.82, 2.24) is 14.8 Å². The summed E-state index contributed by atoms with van der Waals surface area (Å²) in [6.45, 7) is 1.99. The summed E-state index contributed by atoms with van der Waals surface area (Å²) in [4.78, 5) is 5.46. The van der Waals surface area contributed by atoms with Gasteiger partial charge in [-0.25, -0.2) is 18.1 Å². The van der Waals surface area contributed by atoms with Gasteiger partial charge in [0.15, 0.2) is 0 Å². The second kappa shape index (κ2) is 7.43. The molecule has 1 atom stereocenters. The van der Waals surface area contributed by atoms with Gasteiger partial charge in [-0.2, -0.15) is 13.9 Å². The summed E-state index contributed by atoms with van der Waals surface area (Å²) < 4.78 is 50.0. The monoisotopic (exact) mass is 392 g/mol. The summed E-state index contributed by atoms with van der Waals surface area (Å²) in [5.74, 6) is -3.43. The number of benzene rings is 2. The van der Waals surface area contributed by atoms with E-state index < -0.39 is 15.6 Å². The van der Waals surface area contributed by atoms with Gasteiger partial charge in [0.25, 0.3) is 0 Å². The second-order valence-corrected chi connectivity index (χ2v) is 7.94. The third kappa shape index (κ3) is 3.82. The summed E-state index contributed by atoms with van der Waals surface area (Å²) in [6.07, 6.45) is 3.07. The van der Waals surface area contributed by atoms with Crippen molar-refractivity contribution in [2.45, 2.75) is 23.6 Å². The molecule has 0 saturated heterocycles. The van der Waals surface area contributed by atoms with Crippen LogP contribution in [0.4, 0.5) is 14.5 Å². The summed E-state index contributed by atoms with van der Waals surface area (Å²) in [7, 11) is -2.73.